The van der Waals surface area contributed by atoms with Crippen LogP contribution >= 0.6 is 0 Å². The van der Waals surface area contributed by atoms with Crippen LogP contribution < -0.4 is 4.74 Å². The van der Waals surface area contributed by atoms with Crippen LogP contribution in [0, 0.1) is 0 Å². The van der Waals surface area contributed by atoms with Gasteiger partial charge in [-0.25, -0.2) is 0 Å². The highest BCUT2D eigenvalue weighted by Crippen LogP contribution is 2.24. The second-order valence-corrected chi connectivity index (χ2v) is 3.66. The summed E-state index contributed by atoms with van der Waals surface area (Å²) >= 11 is 0. The van der Waals surface area contributed by atoms with Crippen molar-refractivity contribution < 1.29 is 9.53 Å². The fraction of sp³-hybridized carbons (Fsp3) is 0.133. The van der Waals surface area contributed by atoms with Crippen molar-refractivity contribution in [2.75, 3.05) is 6.61 Å². The molecule has 2 aromatic carbocycles. The van der Waals surface area contributed by atoms with E-state index in [1.54, 1.807) is 0 Å². The molecule has 2 rings (SSSR count). The molecule has 0 saturated carbocycles. The first kappa shape index (κ1) is 11.4. The maximum Gasteiger partial charge on any atom is 0.150 e. The third kappa shape index (κ3) is 2.53. The normalized spacial score (nSPS) is 9.94. The summed E-state index contributed by atoms with van der Waals surface area (Å²) in [6.07, 6.45) is 0.881. The predicted molar refractivity (Wildman–Crippen MR) is 68.4 cm³/mol. The van der Waals surface area contributed by atoms with Crippen LogP contribution in [-0.2, 0) is 0 Å². The highest BCUT2D eigenvalue weighted by molar-refractivity contribution is 5.87. The topological polar surface area (TPSA) is 26.3 Å². The van der Waals surface area contributed by atoms with E-state index < -0.39 is 0 Å². The Morgan fingerprint density at radius 1 is 1.06 bits per heavy atom. The standard InChI is InChI=1S/C15H14O2/c1-2-17-14-9-7-12(8-10-14)15-6-4-3-5-13(15)11-16/h3-11H,2H2,1H3. The molecule has 0 N–H and O–H groups in total. The summed E-state index contributed by atoms with van der Waals surface area (Å²) in [7, 11) is 0. The Bertz CT molecular complexity index is 501. The number of hydrogen-bond acceptors (Lipinski definition) is 2. The lowest BCUT2D eigenvalue weighted by Crippen LogP contribution is -1.91. The van der Waals surface area contributed by atoms with E-state index in [4.69, 9.17) is 4.74 Å². The van der Waals surface area contributed by atoms with E-state index in [0.717, 1.165) is 23.2 Å². The lowest BCUT2D eigenvalue weighted by molar-refractivity contribution is 0.112. The van der Waals surface area contributed by atoms with E-state index in [2.05, 4.69) is 0 Å². The molecule has 0 heterocycles. The number of carbonyl (C=O) groups excluding carboxylic acids is 1. The van der Waals surface area contributed by atoms with Crippen LogP contribution in [0.25, 0.3) is 11.1 Å². The Morgan fingerprint density at radius 3 is 2.41 bits per heavy atom. The molecule has 0 saturated heterocycles. The minimum atomic E-state index is 0.657. The lowest BCUT2D eigenvalue weighted by atomic mass is 10.0. The summed E-state index contributed by atoms with van der Waals surface area (Å²) in [5, 5.41) is 0. The molecular weight excluding hydrogens is 212 g/mol. The Hall–Kier alpha value is -2.09. The molecule has 2 nitrogen and oxygen atoms in total. The predicted octanol–water partition coefficient (Wildman–Crippen LogP) is 3.56. The molecule has 0 radical (unpaired) electrons. The van der Waals surface area contributed by atoms with Gasteiger partial charge in [0, 0.05) is 5.56 Å². The highest BCUT2D eigenvalue weighted by atomic mass is 16.5. The first-order valence-electron chi connectivity index (χ1n) is 5.62. The Morgan fingerprint density at radius 2 is 1.76 bits per heavy atom. The number of carbonyl (C=O) groups is 1. The largest absolute Gasteiger partial charge is 0.494 e. The Labute approximate surface area is 101 Å². The molecule has 0 fully saturated rings. The van der Waals surface area contributed by atoms with Crippen LogP contribution in [0.5, 0.6) is 5.75 Å². The minimum absolute atomic E-state index is 0.657. The SMILES string of the molecule is CCOc1ccc(-c2ccccc2C=O)cc1. The van der Waals surface area contributed by atoms with Gasteiger partial charge in [0.1, 0.15) is 5.75 Å². The van der Waals surface area contributed by atoms with Gasteiger partial charge in [0.15, 0.2) is 6.29 Å². The van der Waals surface area contributed by atoms with Crippen molar-refractivity contribution in [3.8, 4) is 16.9 Å². The van der Waals surface area contributed by atoms with Crippen molar-refractivity contribution in [2.45, 2.75) is 6.92 Å². The highest BCUT2D eigenvalue weighted by Gasteiger charge is 2.03. The van der Waals surface area contributed by atoms with Crippen molar-refractivity contribution in [1.29, 1.82) is 0 Å². The van der Waals surface area contributed by atoms with Crippen molar-refractivity contribution in [3.63, 3.8) is 0 Å². The smallest absolute Gasteiger partial charge is 0.150 e. The van der Waals surface area contributed by atoms with Crippen LogP contribution in [0.1, 0.15) is 17.3 Å². The van der Waals surface area contributed by atoms with Gasteiger partial charge in [-0.3, -0.25) is 4.79 Å². The monoisotopic (exact) mass is 226 g/mol. The summed E-state index contributed by atoms with van der Waals surface area (Å²) in [5.74, 6) is 0.847. The number of ether oxygens (including phenoxy) is 1. The van der Waals surface area contributed by atoms with Crippen LogP contribution in [0.2, 0.25) is 0 Å². The van der Waals surface area contributed by atoms with Gasteiger partial charge in [0.05, 0.1) is 6.61 Å². The Balaban J connectivity index is 2.36. The van der Waals surface area contributed by atoms with Gasteiger partial charge in [-0.2, -0.15) is 0 Å². The zero-order valence-corrected chi connectivity index (χ0v) is 9.72. The number of benzene rings is 2. The summed E-state index contributed by atoms with van der Waals surface area (Å²) in [5.41, 5.74) is 2.68. The van der Waals surface area contributed by atoms with Gasteiger partial charge < -0.3 is 4.74 Å². The summed E-state index contributed by atoms with van der Waals surface area (Å²) in [6, 6.07) is 15.3. The molecule has 0 unspecified atom stereocenters. The van der Waals surface area contributed by atoms with Crippen LogP contribution in [-0.4, -0.2) is 12.9 Å². The lowest BCUT2D eigenvalue weighted by Gasteiger charge is -2.06. The fourth-order valence-electron chi connectivity index (χ4n) is 1.76. The Kier molecular flexibility index (Phi) is 3.55. The van der Waals surface area contributed by atoms with Crippen molar-refractivity contribution in [2.24, 2.45) is 0 Å². The second-order valence-electron chi connectivity index (χ2n) is 3.66. The van der Waals surface area contributed by atoms with Crippen LogP contribution in [0.4, 0.5) is 0 Å². The average Bonchev–Trinajstić information content (AvgIpc) is 2.40. The number of aldehydes is 1. The molecule has 0 aromatic heterocycles. The molecule has 2 aromatic rings. The number of rotatable bonds is 4. The summed E-state index contributed by atoms with van der Waals surface area (Å²) in [4.78, 5) is 10.9. The zero-order chi connectivity index (χ0) is 12.1. The first-order valence-corrected chi connectivity index (χ1v) is 5.62. The van der Waals surface area contributed by atoms with Crippen molar-refractivity contribution in [1.82, 2.24) is 0 Å². The van der Waals surface area contributed by atoms with Crippen molar-refractivity contribution in [3.05, 3.63) is 54.1 Å². The van der Waals surface area contributed by atoms with Gasteiger partial charge >= 0.3 is 0 Å². The molecule has 0 bridgehead atoms. The van der Waals surface area contributed by atoms with Gasteiger partial charge in [0.2, 0.25) is 0 Å². The third-order valence-corrected chi connectivity index (χ3v) is 2.56. The quantitative estimate of drug-likeness (QED) is 0.745. The van der Waals surface area contributed by atoms with E-state index in [1.807, 2.05) is 55.5 Å². The zero-order valence-electron chi connectivity index (χ0n) is 9.72. The van der Waals surface area contributed by atoms with E-state index in [9.17, 15) is 4.79 Å². The maximum atomic E-state index is 10.9. The summed E-state index contributed by atoms with van der Waals surface area (Å²) < 4.78 is 5.38. The summed E-state index contributed by atoms with van der Waals surface area (Å²) in [6.45, 7) is 2.61. The van der Waals surface area contributed by atoms with Crippen LogP contribution in [0.3, 0.4) is 0 Å². The van der Waals surface area contributed by atoms with Crippen LogP contribution in [0.15, 0.2) is 48.5 Å². The molecule has 0 aliphatic rings. The molecule has 0 aliphatic carbocycles. The second kappa shape index (κ2) is 5.30. The average molecular weight is 226 g/mol. The molecule has 17 heavy (non-hydrogen) atoms. The van der Waals surface area contributed by atoms with Crippen molar-refractivity contribution >= 4 is 6.29 Å². The maximum absolute atomic E-state index is 10.9. The van der Waals surface area contributed by atoms with Gasteiger partial charge in [-0.1, -0.05) is 36.4 Å². The fourth-order valence-corrected chi connectivity index (χ4v) is 1.76. The molecule has 0 atom stereocenters. The minimum Gasteiger partial charge on any atom is -0.494 e. The third-order valence-electron chi connectivity index (χ3n) is 2.56. The molecule has 2 heteroatoms. The molecule has 0 aliphatic heterocycles. The van der Waals surface area contributed by atoms with E-state index in [1.165, 1.54) is 0 Å². The van der Waals surface area contributed by atoms with E-state index in [-0.39, 0.29) is 0 Å². The molecule has 86 valence electrons. The molecular formula is C15H14O2. The molecule has 0 amide bonds. The van der Waals surface area contributed by atoms with Gasteiger partial charge in [-0.15, -0.1) is 0 Å². The van der Waals surface area contributed by atoms with Gasteiger partial charge in [-0.05, 0) is 30.2 Å². The molecule has 0 spiro atoms. The van der Waals surface area contributed by atoms with E-state index >= 15 is 0 Å². The number of hydrogen-bond donors (Lipinski definition) is 0. The van der Waals surface area contributed by atoms with Gasteiger partial charge in [0.25, 0.3) is 0 Å². The van der Waals surface area contributed by atoms with E-state index in [0.29, 0.717) is 12.2 Å². The first-order chi connectivity index (χ1) is 8.35.